The maximum Gasteiger partial charge on any atom is 0.266 e. The predicted octanol–water partition coefficient (Wildman–Crippen LogP) is 6.51. The third kappa shape index (κ3) is 4.89. The van der Waals surface area contributed by atoms with Gasteiger partial charge in [0, 0.05) is 12.1 Å². The molecule has 1 heterocycles. The first-order chi connectivity index (χ1) is 15.4. The molecule has 4 nitrogen and oxygen atoms in total. The Labute approximate surface area is 194 Å². The number of carbonyl (C=O) groups is 1. The molecule has 0 unspecified atom stereocenters. The third-order valence-corrected chi connectivity index (χ3v) is 6.17. The van der Waals surface area contributed by atoms with Crippen LogP contribution < -0.4 is 4.74 Å². The molecule has 1 aliphatic heterocycles. The zero-order valence-corrected chi connectivity index (χ0v) is 19.7. The summed E-state index contributed by atoms with van der Waals surface area (Å²) in [6.07, 6.45) is 1.93. The maximum atomic E-state index is 12.9. The number of amidine groups is 1. The molecule has 0 N–H and O–H groups in total. The van der Waals surface area contributed by atoms with Crippen LogP contribution in [-0.2, 0) is 11.4 Å². The fourth-order valence-electron chi connectivity index (χ4n) is 3.64. The Balaban J connectivity index is 1.48. The molecule has 0 spiro atoms. The average Bonchev–Trinajstić information content (AvgIpc) is 3.07. The minimum Gasteiger partial charge on any atom is -0.489 e. The van der Waals surface area contributed by atoms with Crippen LogP contribution in [0.2, 0.25) is 0 Å². The average molecular weight is 445 g/mol. The second-order valence-electron chi connectivity index (χ2n) is 8.38. The van der Waals surface area contributed by atoms with E-state index in [1.165, 1.54) is 22.5 Å². The van der Waals surface area contributed by atoms with Crippen molar-refractivity contribution in [3.8, 4) is 5.75 Å². The van der Waals surface area contributed by atoms with Crippen LogP contribution in [0.15, 0.2) is 76.6 Å². The fourth-order valence-corrected chi connectivity index (χ4v) is 4.88. The van der Waals surface area contributed by atoms with Crippen molar-refractivity contribution in [3.63, 3.8) is 0 Å². The number of hydrogen-bond donors (Lipinski definition) is 0. The van der Waals surface area contributed by atoms with Gasteiger partial charge in [-0.2, -0.15) is 0 Å². The van der Waals surface area contributed by atoms with Gasteiger partial charge in [-0.05, 0) is 79.6 Å². The molecule has 1 aliphatic rings. The van der Waals surface area contributed by atoms with Crippen molar-refractivity contribution in [3.05, 3.63) is 82.8 Å². The van der Waals surface area contributed by atoms with E-state index in [-0.39, 0.29) is 18.0 Å². The van der Waals surface area contributed by atoms with Crippen LogP contribution in [0.5, 0.6) is 5.75 Å². The number of rotatable bonds is 6. The summed E-state index contributed by atoms with van der Waals surface area (Å²) >= 11 is 1.45. The first-order valence-electron chi connectivity index (χ1n) is 10.9. The van der Waals surface area contributed by atoms with Crippen molar-refractivity contribution in [2.24, 2.45) is 4.99 Å². The second-order valence-corrected chi connectivity index (χ2v) is 9.39. The van der Waals surface area contributed by atoms with Gasteiger partial charge in [-0.1, -0.05) is 54.6 Å². The first kappa shape index (κ1) is 22.2. The van der Waals surface area contributed by atoms with E-state index in [0.717, 1.165) is 22.0 Å². The molecule has 32 heavy (non-hydrogen) atoms. The number of benzene rings is 3. The number of hydrogen-bond acceptors (Lipinski definition) is 4. The third-order valence-electron chi connectivity index (χ3n) is 5.17. The molecule has 3 aromatic rings. The second kappa shape index (κ2) is 9.61. The molecule has 0 aromatic heterocycles. The number of amides is 1. The molecular weight excluding hydrogens is 416 g/mol. The number of carbonyl (C=O) groups excluding carboxylic acids is 1. The molecule has 4 rings (SSSR count). The largest absolute Gasteiger partial charge is 0.489 e. The molecule has 0 bridgehead atoms. The van der Waals surface area contributed by atoms with Gasteiger partial charge >= 0.3 is 0 Å². The summed E-state index contributed by atoms with van der Waals surface area (Å²) in [6, 6.07) is 22.7. The molecule has 1 fully saturated rings. The summed E-state index contributed by atoms with van der Waals surface area (Å²) in [6.45, 7) is 8.58. The molecule has 164 valence electrons. The van der Waals surface area contributed by atoms with Gasteiger partial charge in [-0.3, -0.25) is 14.7 Å². The molecular formula is C27H28N2O2S. The highest BCUT2D eigenvalue weighted by atomic mass is 32.2. The van der Waals surface area contributed by atoms with Gasteiger partial charge < -0.3 is 4.74 Å². The summed E-state index contributed by atoms with van der Waals surface area (Å²) in [5, 5.41) is 3.20. The molecule has 0 saturated carbocycles. The van der Waals surface area contributed by atoms with Crippen LogP contribution in [0, 0.1) is 0 Å². The Hall–Kier alpha value is -3.05. The van der Waals surface area contributed by atoms with Crippen LogP contribution >= 0.6 is 11.8 Å². The van der Waals surface area contributed by atoms with Gasteiger partial charge in [0.15, 0.2) is 5.17 Å². The standard InChI is InChI=1S/C27H28N2O2S/c1-18(2)28-27-29(19(3)4)26(30)25(32-27)16-20-12-14-23(15-13-20)31-17-22-10-7-9-21-8-5-6-11-24(21)22/h5-16,18-19H,17H2,1-4H3/b25-16+,28-27?. The first-order valence-corrected chi connectivity index (χ1v) is 11.7. The van der Waals surface area contributed by atoms with Gasteiger partial charge in [0.25, 0.3) is 5.91 Å². The number of ether oxygens (including phenoxy) is 1. The van der Waals surface area contributed by atoms with E-state index in [4.69, 9.17) is 4.74 Å². The van der Waals surface area contributed by atoms with Crippen LogP contribution in [0.4, 0.5) is 0 Å². The summed E-state index contributed by atoms with van der Waals surface area (Å²) in [5.74, 6) is 0.817. The van der Waals surface area contributed by atoms with Crippen LogP contribution in [-0.4, -0.2) is 28.1 Å². The van der Waals surface area contributed by atoms with Gasteiger partial charge in [-0.15, -0.1) is 0 Å². The number of aliphatic imine (C=N–C) groups is 1. The van der Waals surface area contributed by atoms with Gasteiger partial charge in [0.1, 0.15) is 12.4 Å². The number of thioether (sulfide) groups is 1. The Morgan fingerprint density at radius 3 is 2.41 bits per heavy atom. The zero-order chi connectivity index (χ0) is 22.7. The van der Waals surface area contributed by atoms with E-state index >= 15 is 0 Å². The summed E-state index contributed by atoms with van der Waals surface area (Å²) < 4.78 is 6.04. The van der Waals surface area contributed by atoms with Crippen molar-refractivity contribution in [2.45, 2.75) is 46.4 Å². The molecule has 5 heteroatoms. The van der Waals surface area contributed by atoms with E-state index in [1.807, 2.05) is 70.2 Å². The van der Waals surface area contributed by atoms with Gasteiger partial charge in [0.2, 0.25) is 0 Å². The Morgan fingerprint density at radius 1 is 0.969 bits per heavy atom. The van der Waals surface area contributed by atoms with Crippen molar-refractivity contribution in [1.82, 2.24) is 4.90 Å². The molecule has 1 amide bonds. The van der Waals surface area contributed by atoms with E-state index in [9.17, 15) is 4.79 Å². The van der Waals surface area contributed by atoms with E-state index in [1.54, 1.807) is 4.90 Å². The molecule has 3 aromatic carbocycles. The van der Waals surface area contributed by atoms with Crippen LogP contribution in [0.1, 0.15) is 38.8 Å². The Kier molecular flexibility index (Phi) is 6.66. The Morgan fingerprint density at radius 2 is 1.69 bits per heavy atom. The highest BCUT2D eigenvalue weighted by Crippen LogP contribution is 2.34. The predicted molar refractivity (Wildman–Crippen MR) is 135 cm³/mol. The number of nitrogens with zero attached hydrogens (tertiary/aromatic N) is 2. The zero-order valence-electron chi connectivity index (χ0n) is 18.9. The van der Waals surface area contributed by atoms with Crippen molar-refractivity contribution < 1.29 is 9.53 Å². The minimum atomic E-state index is 0.0145. The summed E-state index contributed by atoms with van der Waals surface area (Å²) in [7, 11) is 0. The van der Waals surface area contributed by atoms with Gasteiger partial charge in [0.05, 0.1) is 4.91 Å². The topological polar surface area (TPSA) is 41.9 Å². The lowest BCUT2D eigenvalue weighted by molar-refractivity contribution is -0.123. The monoisotopic (exact) mass is 444 g/mol. The maximum absolute atomic E-state index is 12.9. The quantitative estimate of drug-likeness (QED) is 0.407. The number of fused-ring (bicyclic) bond motifs is 1. The van der Waals surface area contributed by atoms with E-state index in [2.05, 4.69) is 35.3 Å². The summed E-state index contributed by atoms with van der Waals surface area (Å²) in [4.78, 5) is 20.0. The molecule has 1 saturated heterocycles. The van der Waals surface area contributed by atoms with Crippen LogP contribution in [0.3, 0.4) is 0 Å². The lowest BCUT2D eigenvalue weighted by Gasteiger charge is -2.20. The van der Waals surface area contributed by atoms with E-state index < -0.39 is 0 Å². The lowest BCUT2D eigenvalue weighted by atomic mass is 10.1. The fraction of sp³-hybridized carbons (Fsp3) is 0.259. The summed E-state index contributed by atoms with van der Waals surface area (Å²) in [5.41, 5.74) is 2.13. The van der Waals surface area contributed by atoms with Crippen molar-refractivity contribution in [2.75, 3.05) is 0 Å². The highest BCUT2D eigenvalue weighted by Gasteiger charge is 2.35. The normalized spacial score (nSPS) is 16.8. The SMILES string of the molecule is CC(C)N=C1S/C(=C/c2ccc(OCc3cccc4ccccc34)cc2)C(=O)N1C(C)C. The molecule has 0 radical (unpaired) electrons. The van der Waals surface area contributed by atoms with E-state index in [0.29, 0.717) is 11.5 Å². The Bertz CT molecular complexity index is 1170. The smallest absolute Gasteiger partial charge is 0.266 e. The van der Waals surface area contributed by atoms with Crippen molar-refractivity contribution in [1.29, 1.82) is 0 Å². The van der Waals surface area contributed by atoms with Crippen LogP contribution in [0.25, 0.3) is 16.8 Å². The highest BCUT2D eigenvalue weighted by molar-refractivity contribution is 8.18. The lowest BCUT2D eigenvalue weighted by Crippen LogP contribution is -2.35. The molecule has 0 atom stereocenters. The molecule has 0 aliphatic carbocycles. The van der Waals surface area contributed by atoms with Gasteiger partial charge in [-0.25, -0.2) is 0 Å². The minimum absolute atomic E-state index is 0.0145. The van der Waals surface area contributed by atoms with Crippen molar-refractivity contribution >= 4 is 39.7 Å².